The lowest BCUT2D eigenvalue weighted by Crippen LogP contribution is -2.25. The smallest absolute Gasteiger partial charge is 0.119 e. The van der Waals surface area contributed by atoms with Gasteiger partial charge in [-0.3, -0.25) is 0 Å². The number of fused-ring (bicyclic) bond motifs is 8. The van der Waals surface area contributed by atoms with Crippen LogP contribution in [0.4, 0.5) is 0 Å². The molecule has 0 saturated heterocycles. The summed E-state index contributed by atoms with van der Waals surface area (Å²) in [5.41, 5.74) is 12.4. The van der Waals surface area contributed by atoms with E-state index in [4.69, 9.17) is 18.9 Å². The molecule has 0 radical (unpaired) electrons. The van der Waals surface area contributed by atoms with Gasteiger partial charge in [0.2, 0.25) is 0 Å². The molecule has 8 aromatic rings. The number of aromatic nitrogens is 4. The Bertz CT molecular complexity index is 3580. The highest BCUT2D eigenvalue weighted by Crippen LogP contribution is 2.31. The quantitative estimate of drug-likeness (QED) is 0.0287. The number of H-pyrrole nitrogens is 4. The second-order valence-corrected chi connectivity index (χ2v) is 23.5. The molecule has 88 heavy (non-hydrogen) atoms. The number of ether oxygens (including phenoxy) is 4. The first-order valence-electron chi connectivity index (χ1n) is 33.7. The van der Waals surface area contributed by atoms with Crippen LogP contribution in [0.25, 0.3) is 22.3 Å². The standard InChI is InChI=1S/C77H101N7O4/c1-8-15-16-17-18-19-20-21-22-23-54-85-62-35-27-58(28-36-62)74-66-43-45-68(78-66)75(59-29-37-63(38-30-59)86-55-24-51-82(9-2)10-3)70-47-49-72(80-70)77(61-33-41-65(42-34-61)88-57-26-53-84(13-6)14-7)73-50-48-71(81-73)76(69-46-44-67(74)79-69)60-31-39-64(40-32-60)87-56-25-52-83(11-4)12-5/h27-50,78-81H,8-26,51-57H2,1-7H3. The van der Waals surface area contributed by atoms with Crippen molar-refractivity contribution in [2.45, 2.75) is 132 Å². The lowest BCUT2D eigenvalue weighted by molar-refractivity contribution is 0.249. The summed E-state index contributed by atoms with van der Waals surface area (Å²) in [6.07, 6.45) is 15.9. The fourth-order valence-electron chi connectivity index (χ4n) is 12.3. The first-order valence-corrected chi connectivity index (χ1v) is 33.7. The van der Waals surface area contributed by atoms with E-state index >= 15 is 0 Å². The van der Waals surface area contributed by atoms with Crippen LogP contribution in [-0.2, 0) is 0 Å². The van der Waals surface area contributed by atoms with Crippen LogP contribution in [0.2, 0.25) is 0 Å². The highest BCUT2D eigenvalue weighted by Gasteiger charge is 2.20. The van der Waals surface area contributed by atoms with E-state index in [2.05, 4.69) is 229 Å². The highest BCUT2D eigenvalue weighted by molar-refractivity contribution is 5.85. The Morgan fingerprint density at radius 1 is 0.250 bits per heavy atom. The number of nitrogens with one attached hydrogen (secondary N) is 4. The minimum absolute atomic E-state index is 0.665. The zero-order chi connectivity index (χ0) is 61.3. The maximum Gasteiger partial charge on any atom is 0.119 e. The number of unbranched alkanes of at least 4 members (excludes halogenated alkanes) is 9. The molecule has 0 amide bonds. The predicted octanol–water partition coefficient (Wildman–Crippen LogP) is 13.9. The average Bonchev–Trinajstić information content (AvgIpc) is 2.85. The summed E-state index contributed by atoms with van der Waals surface area (Å²) in [6, 6.07) is 52.3. The first-order chi connectivity index (χ1) is 43.3. The summed E-state index contributed by atoms with van der Waals surface area (Å²) in [7, 11) is 0. The van der Waals surface area contributed by atoms with Gasteiger partial charge in [-0.2, -0.15) is 0 Å². The van der Waals surface area contributed by atoms with E-state index in [1.807, 2.05) is 0 Å². The normalized spacial score (nSPS) is 12.5. The van der Waals surface area contributed by atoms with Gasteiger partial charge in [0, 0.05) is 86.1 Å². The van der Waals surface area contributed by atoms with E-state index in [1.165, 1.54) is 57.8 Å². The number of hydrogen-bond acceptors (Lipinski definition) is 7. The Hall–Kier alpha value is -7.44. The summed E-state index contributed by atoms with van der Waals surface area (Å²) >= 11 is 0. The summed E-state index contributed by atoms with van der Waals surface area (Å²) in [4.78, 5) is 23.3. The minimum atomic E-state index is 0.665. The fraction of sp³-hybridized carbons (Fsp3) is 0.429. The van der Waals surface area contributed by atoms with Gasteiger partial charge < -0.3 is 53.6 Å². The molecule has 0 saturated carbocycles. The molecule has 1 aliphatic heterocycles. The van der Waals surface area contributed by atoms with Gasteiger partial charge in [-0.25, -0.2) is 0 Å². The van der Waals surface area contributed by atoms with Crippen LogP contribution < -0.4 is 40.3 Å². The van der Waals surface area contributed by atoms with E-state index in [9.17, 15) is 0 Å². The second kappa shape index (κ2) is 34.3. The number of hydrogen-bond donors (Lipinski definition) is 4. The van der Waals surface area contributed by atoms with Crippen molar-refractivity contribution < 1.29 is 18.9 Å². The van der Waals surface area contributed by atoms with Crippen molar-refractivity contribution in [3.05, 3.63) is 212 Å². The largest absolute Gasteiger partial charge is 0.494 e. The Labute approximate surface area is 525 Å². The van der Waals surface area contributed by atoms with Gasteiger partial charge in [-0.05, 0) is 184 Å². The molecule has 0 spiro atoms. The number of aromatic amines is 4. The van der Waals surface area contributed by atoms with Crippen LogP contribution in [0.15, 0.2) is 146 Å². The number of benzene rings is 4. The average molecular weight is 1190 g/mol. The molecule has 4 aromatic heterocycles. The van der Waals surface area contributed by atoms with Gasteiger partial charge >= 0.3 is 0 Å². The topological polar surface area (TPSA) is 110 Å². The molecular formula is C77H101N7O4. The molecule has 11 nitrogen and oxygen atoms in total. The van der Waals surface area contributed by atoms with Crippen molar-refractivity contribution in [3.63, 3.8) is 0 Å². The number of nitrogens with zero attached hydrogens (tertiary/aromatic N) is 3. The van der Waals surface area contributed by atoms with Crippen LogP contribution in [0.5, 0.6) is 23.0 Å². The molecule has 0 fully saturated rings. The highest BCUT2D eigenvalue weighted by atomic mass is 16.5. The van der Waals surface area contributed by atoms with Crippen molar-refractivity contribution >= 4 is 22.3 Å². The van der Waals surface area contributed by atoms with E-state index in [0.29, 0.717) is 19.8 Å². The Balaban J connectivity index is 1.13. The molecule has 468 valence electrons. The first kappa shape index (κ1) is 65.0. The van der Waals surface area contributed by atoms with Crippen LogP contribution >= 0.6 is 0 Å². The molecule has 0 unspecified atom stereocenters. The predicted molar refractivity (Wildman–Crippen MR) is 365 cm³/mol. The molecule has 11 heteroatoms. The van der Waals surface area contributed by atoms with Gasteiger partial charge in [0.15, 0.2) is 0 Å². The number of rotatable bonds is 37. The van der Waals surface area contributed by atoms with Gasteiger partial charge in [0.1, 0.15) is 23.0 Å². The maximum atomic E-state index is 6.40. The summed E-state index contributed by atoms with van der Waals surface area (Å²) < 4.78 is 25.5. The van der Waals surface area contributed by atoms with Gasteiger partial charge in [-0.15, -0.1) is 0 Å². The monoisotopic (exact) mass is 1190 g/mol. The zero-order valence-electron chi connectivity index (χ0n) is 54.2. The van der Waals surface area contributed by atoms with Crippen molar-refractivity contribution in [3.8, 4) is 23.0 Å². The lowest BCUT2D eigenvalue weighted by Gasteiger charge is -2.17. The van der Waals surface area contributed by atoms with Crippen molar-refractivity contribution in [2.24, 2.45) is 0 Å². The van der Waals surface area contributed by atoms with E-state index in [0.717, 1.165) is 203 Å². The SMILES string of the molecule is CCCCCCCCCCCCOc1ccc(C2=c3ccc([nH]3)=C(c3ccc(OCCCN(CC)CC)cc3)c3ccc([nH]3)C(c3ccc(OCCCN(CC)CC)cc3)=c3ccc([nH]3)=C(c3ccc(OCCCN(CC)CC)cc3)c3ccc2[nH]3)cc1. The Morgan fingerprint density at radius 2 is 0.489 bits per heavy atom. The van der Waals surface area contributed by atoms with E-state index < -0.39 is 0 Å². The maximum absolute atomic E-state index is 6.40. The minimum Gasteiger partial charge on any atom is -0.494 e. The molecule has 0 atom stereocenters. The molecule has 8 bridgehead atoms. The third kappa shape index (κ3) is 17.9. The van der Waals surface area contributed by atoms with E-state index in [1.54, 1.807) is 0 Å². The molecule has 0 aliphatic carbocycles. The fourth-order valence-corrected chi connectivity index (χ4v) is 12.3. The summed E-state index contributed by atoms with van der Waals surface area (Å²) in [5.74, 6) is 3.47. The lowest BCUT2D eigenvalue weighted by atomic mass is 10.0. The third-order valence-corrected chi connectivity index (χ3v) is 17.6. The van der Waals surface area contributed by atoms with E-state index in [-0.39, 0.29) is 0 Å². The van der Waals surface area contributed by atoms with Crippen molar-refractivity contribution in [1.29, 1.82) is 0 Å². The van der Waals surface area contributed by atoms with Crippen molar-refractivity contribution in [1.82, 2.24) is 34.6 Å². The van der Waals surface area contributed by atoms with Crippen LogP contribution in [-0.4, -0.2) is 120 Å². The van der Waals surface area contributed by atoms with Crippen LogP contribution in [0, 0.1) is 0 Å². The van der Waals surface area contributed by atoms with Gasteiger partial charge in [0.05, 0.1) is 26.4 Å². The third-order valence-electron chi connectivity index (χ3n) is 17.6. The summed E-state index contributed by atoms with van der Waals surface area (Å²) in [6.45, 7) is 27.6. The Morgan fingerprint density at radius 3 is 0.739 bits per heavy atom. The van der Waals surface area contributed by atoms with Crippen LogP contribution in [0.3, 0.4) is 0 Å². The zero-order valence-corrected chi connectivity index (χ0v) is 54.2. The summed E-state index contributed by atoms with van der Waals surface area (Å²) in [5, 5.41) is 3.93. The molecular weight excluding hydrogens is 1090 g/mol. The molecule has 9 rings (SSSR count). The Kier molecular flexibility index (Phi) is 25.4. The van der Waals surface area contributed by atoms with Crippen molar-refractivity contribution in [2.75, 3.05) is 85.3 Å². The molecule has 4 N–H and O–H groups in total. The molecule has 4 aromatic carbocycles. The van der Waals surface area contributed by atoms with Crippen LogP contribution in [0.1, 0.15) is 177 Å². The second-order valence-electron chi connectivity index (χ2n) is 23.5. The van der Waals surface area contributed by atoms with Gasteiger partial charge in [0.25, 0.3) is 0 Å². The molecule has 5 heterocycles. The molecule has 1 aliphatic rings. The van der Waals surface area contributed by atoms with Gasteiger partial charge in [-0.1, -0.05) is 155 Å².